The van der Waals surface area contributed by atoms with Crippen molar-refractivity contribution >= 4 is 71.3 Å². The molecule has 0 saturated heterocycles. The Labute approximate surface area is 178 Å². The third-order valence-corrected chi connectivity index (χ3v) is 6.37. The van der Waals surface area contributed by atoms with E-state index in [1.807, 2.05) is 0 Å². The number of halogens is 1. The highest BCUT2D eigenvalue weighted by molar-refractivity contribution is 9.10. The summed E-state index contributed by atoms with van der Waals surface area (Å²) in [4.78, 5) is 16.2. The molecule has 0 spiro atoms. The second kappa shape index (κ2) is 8.34. The molecule has 0 fully saturated rings. The lowest BCUT2D eigenvalue weighted by atomic mass is 10.3. The minimum atomic E-state index is -3.73. The van der Waals surface area contributed by atoms with Gasteiger partial charge >= 0.3 is 0 Å². The zero-order valence-corrected chi connectivity index (χ0v) is 18.2. The molecule has 13 heteroatoms. The van der Waals surface area contributed by atoms with Gasteiger partial charge in [-0.1, -0.05) is 0 Å². The molecule has 0 bridgehead atoms. The Morgan fingerprint density at radius 1 is 1.29 bits per heavy atom. The van der Waals surface area contributed by atoms with E-state index in [1.54, 1.807) is 12.4 Å². The van der Waals surface area contributed by atoms with Gasteiger partial charge in [0, 0.05) is 24.3 Å². The molecule has 2 heterocycles. The molecule has 0 aliphatic heterocycles. The first-order valence-corrected chi connectivity index (χ1v) is 11.1. The molecule has 1 aromatic carbocycles. The van der Waals surface area contributed by atoms with E-state index in [-0.39, 0.29) is 15.1 Å². The Balaban J connectivity index is 1.64. The lowest BCUT2D eigenvalue weighted by Crippen LogP contribution is -2.35. The highest BCUT2D eigenvalue weighted by atomic mass is 79.9. The molecule has 0 radical (unpaired) electrons. The maximum absolute atomic E-state index is 12.3. The number of amides is 1. The van der Waals surface area contributed by atoms with Crippen LogP contribution < -0.4 is 15.4 Å². The minimum absolute atomic E-state index is 0.0645. The molecule has 3 N–H and O–H groups in total. The van der Waals surface area contributed by atoms with Gasteiger partial charge in [0.1, 0.15) is 5.69 Å². The van der Waals surface area contributed by atoms with Gasteiger partial charge in [-0.25, -0.2) is 13.4 Å². The first kappa shape index (κ1) is 20.4. The van der Waals surface area contributed by atoms with Crippen molar-refractivity contribution < 1.29 is 13.2 Å². The molecule has 2 aromatic heterocycles. The summed E-state index contributed by atoms with van der Waals surface area (Å²) in [7, 11) is -2.10. The molecule has 0 aliphatic carbocycles. The van der Waals surface area contributed by atoms with Crippen LogP contribution in [0, 0.1) is 0 Å². The molecule has 0 aliphatic rings. The fraction of sp³-hybridized carbons (Fsp3) is 0.0667. The predicted octanol–water partition coefficient (Wildman–Crippen LogP) is 2.57. The van der Waals surface area contributed by atoms with Crippen molar-refractivity contribution in [2.75, 3.05) is 10.0 Å². The summed E-state index contributed by atoms with van der Waals surface area (Å²) in [5, 5.41) is 11.4. The number of aryl methyl sites for hydroxylation is 1. The van der Waals surface area contributed by atoms with Gasteiger partial charge in [0.05, 0.1) is 15.6 Å². The van der Waals surface area contributed by atoms with E-state index in [1.165, 1.54) is 52.7 Å². The van der Waals surface area contributed by atoms with Crippen LogP contribution >= 0.6 is 39.5 Å². The third-order valence-electron chi connectivity index (χ3n) is 3.41. The number of carbonyl (C=O) groups is 1. The summed E-state index contributed by atoms with van der Waals surface area (Å²) >= 11 is 9.56. The Bertz CT molecular complexity index is 1090. The van der Waals surface area contributed by atoms with E-state index in [9.17, 15) is 13.2 Å². The highest BCUT2D eigenvalue weighted by Crippen LogP contribution is 2.19. The number of thiocarbonyl (C=S) groups is 1. The van der Waals surface area contributed by atoms with Gasteiger partial charge in [-0.05, 0) is 52.4 Å². The Morgan fingerprint density at radius 2 is 2.00 bits per heavy atom. The predicted molar refractivity (Wildman–Crippen MR) is 114 cm³/mol. The topological polar surface area (TPSA) is 118 Å². The van der Waals surface area contributed by atoms with Crippen molar-refractivity contribution in [3.8, 4) is 0 Å². The molecule has 28 heavy (non-hydrogen) atoms. The Morgan fingerprint density at radius 3 is 2.57 bits per heavy atom. The van der Waals surface area contributed by atoms with Gasteiger partial charge in [-0.15, -0.1) is 11.3 Å². The number of benzene rings is 1. The molecule has 0 saturated carbocycles. The van der Waals surface area contributed by atoms with Crippen LogP contribution in [0.15, 0.2) is 51.4 Å². The van der Waals surface area contributed by atoms with Crippen molar-refractivity contribution in [1.82, 2.24) is 20.1 Å². The molecule has 9 nitrogen and oxygen atoms in total. The van der Waals surface area contributed by atoms with Gasteiger partial charge in [-0.2, -0.15) is 5.10 Å². The largest absolute Gasteiger partial charge is 0.332 e. The minimum Gasteiger partial charge on any atom is -0.332 e. The zero-order chi connectivity index (χ0) is 20.3. The number of aromatic nitrogens is 3. The summed E-state index contributed by atoms with van der Waals surface area (Å²) in [5.74, 6) is -0.434. The van der Waals surface area contributed by atoms with Crippen molar-refractivity contribution in [3.05, 3.63) is 52.2 Å². The number of hydrogen-bond acceptors (Lipinski definition) is 7. The summed E-state index contributed by atoms with van der Waals surface area (Å²) in [6.07, 6.45) is 3.01. The number of nitrogens with zero attached hydrogens (tertiary/aromatic N) is 3. The molecule has 0 unspecified atom stereocenters. The summed E-state index contributed by atoms with van der Waals surface area (Å²) < 4.78 is 29.0. The van der Waals surface area contributed by atoms with E-state index in [0.717, 1.165) is 0 Å². The van der Waals surface area contributed by atoms with Crippen LogP contribution in [-0.4, -0.2) is 34.2 Å². The maximum Gasteiger partial charge on any atom is 0.276 e. The van der Waals surface area contributed by atoms with E-state index in [0.29, 0.717) is 15.9 Å². The fourth-order valence-electron chi connectivity index (χ4n) is 2.16. The normalized spacial score (nSPS) is 11.1. The molecule has 0 atom stereocenters. The fourth-order valence-corrected chi connectivity index (χ4v) is 4.68. The van der Waals surface area contributed by atoms with Gasteiger partial charge in [0.15, 0.2) is 10.2 Å². The summed E-state index contributed by atoms with van der Waals surface area (Å²) in [6.45, 7) is 0. The molecule has 1 amide bonds. The van der Waals surface area contributed by atoms with Gasteiger partial charge in [0.2, 0.25) is 0 Å². The quantitative estimate of drug-likeness (QED) is 0.460. The lowest BCUT2D eigenvalue weighted by Gasteiger charge is -2.11. The second-order valence-electron chi connectivity index (χ2n) is 5.34. The average molecular weight is 501 g/mol. The number of anilines is 2. The van der Waals surface area contributed by atoms with Crippen molar-refractivity contribution in [1.29, 1.82) is 0 Å². The maximum atomic E-state index is 12.3. The van der Waals surface area contributed by atoms with Crippen LogP contribution in [-0.2, 0) is 17.1 Å². The van der Waals surface area contributed by atoms with Crippen LogP contribution in [0.3, 0.4) is 0 Å². The highest BCUT2D eigenvalue weighted by Gasteiger charge is 2.17. The van der Waals surface area contributed by atoms with E-state index >= 15 is 0 Å². The smallest absolute Gasteiger partial charge is 0.276 e. The Kier molecular flexibility index (Phi) is 6.07. The number of rotatable bonds is 5. The van der Waals surface area contributed by atoms with Crippen LogP contribution in [0.25, 0.3) is 0 Å². The van der Waals surface area contributed by atoms with E-state index in [4.69, 9.17) is 12.2 Å². The first-order valence-electron chi connectivity index (χ1n) is 7.58. The Hall–Kier alpha value is -2.35. The van der Waals surface area contributed by atoms with Crippen LogP contribution in [0.5, 0.6) is 0 Å². The summed E-state index contributed by atoms with van der Waals surface area (Å²) in [5.41, 5.74) is 0.835. The zero-order valence-electron chi connectivity index (χ0n) is 14.2. The van der Waals surface area contributed by atoms with Crippen LogP contribution in [0.2, 0.25) is 0 Å². The average Bonchev–Trinajstić information content (AvgIpc) is 3.24. The van der Waals surface area contributed by atoms with Gasteiger partial charge < -0.3 is 5.32 Å². The van der Waals surface area contributed by atoms with E-state index < -0.39 is 15.9 Å². The van der Waals surface area contributed by atoms with E-state index in [2.05, 4.69) is 41.4 Å². The van der Waals surface area contributed by atoms with Crippen molar-refractivity contribution in [3.63, 3.8) is 0 Å². The number of carbonyl (C=O) groups excluding carboxylic acids is 1. The molecule has 3 aromatic rings. The van der Waals surface area contributed by atoms with Crippen molar-refractivity contribution in [2.24, 2.45) is 7.05 Å². The number of thiazole rings is 1. The second-order valence-corrected chi connectivity index (χ2v) is 9.18. The third kappa shape index (κ3) is 4.73. The molecular weight excluding hydrogens is 488 g/mol. The monoisotopic (exact) mass is 500 g/mol. The molecular formula is C15H13BrN6O3S3. The first-order chi connectivity index (χ1) is 13.3. The van der Waals surface area contributed by atoms with Gasteiger partial charge in [-0.3, -0.25) is 19.5 Å². The number of hydrogen-bond donors (Lipinski definition) is 3. The molecule has 146 valence electrons. The van der Waals surface area contributed by atoms with Crippen molar-refractivity contribution in [2.45, 2.75) is 4.90 Å². The number of nitrogens with one attached hydrogen (secondary N) is 3. The lowest BCUT2D eigenvalue weighted by molar-refractivity contribution is 0.0968. The van der Waals surface area contributed by atoms with Gasteiger partial charge in [0.25, 0.3) is 15.9 Å². The summed E-state index contributed by atoms with van der Waals surface area (Å²) in [6, 6.07) is 5.91. The van der Waals surface area contributed by atoms with Crippen LogP contribution in [0.1, 0.15) is 10.5 Å². The standard InChI is InChI=1S/C15H13BrN6O3S3/c1-22-12(11(16)8-18-22)13(23)20-14(26)19-9-2-4-10(5-3-9)28(24,25)21-15-17-6-7-27-15/h2-8H,1H3,(H,17,21)(H2,19,20,23,26). The molecule has 3 rings (SSSR count). The number of sulfonamides is 1. The SMILES string of the molecule is Cn1ncc(Br)c1C(=O)NC(=S)Nc1ccc(S(=O)(=O)Nc2nccs2)cc1. The van der Waals surface area contributed by atoms with Crippen LogP contribution in [0.4, 0.5) is 10.8 Å².